The summed E-state index contributed by atoms with van der Waals surface area (Å²) in [7, 11) is 0. The molecule has 1 heterocycles. The molecule has 0 bridgehead atoms. The highest BCUT2D eigenvalue weighted by molar-refractivity contribution is 7.99. The van der Waals surface area contributed by atoms with Gasteiger partial charge in [0.05, 0.1) is 9.75 Å². The second-order valence-electron chi connectivity index (χ2n) is 4.76. The number of aliphatic hydroxyl groups excluding tert-OH is 1. The Morgan fingerprint density at radius 2 is 2.30 bits per heavy atom. The second kappa shape index (κ2) is 7.72. The number of carbonyl (C=O) groups excluding carboxylic acids is 1. The molecule has 0 radical (unpaired) electrons. The number of hydrogen-bond donors (Lipinski definition) is 2. The van der Waals surface area contributed by atoms with Crippen molar-refractivity contribution in [3.63, 3.8) is 0 Å². The summed E-state index contributed by atoms with van der Waals surface area (Å²) in [6.45, 7) is -0.156. The monoisotopic (exact) mass is 309 g/mol. The molecular weight excluding hydrogens is 290 g/mol. The van der Waals surface area contributed by atoms with Gasteiger partial charge in [0.1, 0.15) is 6.61 Å². The van der Waals surface area contributed by atoms with Crippen molar-refractivity contribution in [1.82, 2.24) is 5.32 Å². The molecule has 20 heavy (non-hydrogen) atoms. The van der Waals surface area contributed by atoms with E-state index in [1.807, 2.05) is 17.8 Å². The van der Waals surface area contributed by atoms with E-state index in [1.165, 1.54) is 30.6 Å². The summed E-state index contributed by atoms with van der Waals surface area (Å²) in [5.74, 6) is 5.42. The molecule has 1 aromatic rings. The van der Waals surface area contributed by atoms with E-state index in [9.17, 15) is 4.79 Å². The fraction of sp³-hybridized carbons (Fsp3) is 0.533. The van der Waals surface area contributed by atoms with Crippen molar-refractivity contribution in [2.24, 2.45) is 0 Å². The lowest BCUT2D eigenvalue weighted by Gasteiger charge is -2.30. The molecule has 0 spiro atoms. The Bertz CT molecular complexity index is 515. The molecule has 2 rings (SSSR count). The minimum absolute atomic E-state index is 0.00185. The first-order chi connectivity index (χ1) is 9.74. The van der Waals surface area contributed by atoms with E-state index < -0.39 is 0 Å². The molecule has 0 saturated heterocycles. The van der Waals surface area contributed by atoms with Crippen LogP contribution < -0.4 is 5.32 Å². The third-order valence-electron chi connectivity index (χ3n) is 3.44. The average molecular weight is 309 g/mol. The number of carbonyl (C=O) groups is 1. The lowest BCUT2D eigenvalue weighted by atomic mass is 9.95. The highest BCUT2D eigenvalue weighted by atomic mass is 32.2. The molecule has 3 nitrogen and oxygen atoms in total. The molecule has 108 valence electrons. The molecular formula is C15H19NO2S2. The van der Waals surface area contributed by atoms with E-state index in [0.717, 1.165) is 11.3 Å². The summed E-state index contributed by atoms with van der Waals surface area (Å²) in [5, 5.41) is 12.4. The molecule has 0 aromatic carbocycles. The van der Waals surface area contributed by atoms with Crippen LogP contribution in [-0.2, 0) is 0 Å². The third kappa shape index (κ3) is 4.02. The fourth-order valence-electron chi connectivity index (χ4n) is 2.44. The number of amides is 1. The minimum atomic E-state index is -0.156. The van der Waals surface area contributed by atoms with Gasteiger partial charge in [0.2, 0.25) is 0 Å². The molecule has 1 aromatic heterocycles. The Balaban J connectivity index is 1.98. The predicted octanol–water partition coefficient (Wildman–Crippen LogP) is 2.50. The molecule has 0 aliphatic heterocycles. The van der Waals surface area contributed by atoms with Crippen LogP contribution in [0.2, 0.25) is 0 Å². The second-order valence-corrected chi connectivity index (χ2v) is 6.92. The van der Waals surface area contributed by atoms with Crippen LogP contribution in [0.5, 0.6) is 0 Å². The lowest BCUT2D eigenvalue weighted by Crippen LogP contribution is -2.43. The molecule has 1 aliphatic carbocycles. The van der Waals surface area contributed by atoms with Crippen molar-refractivity contribution in [2.75, 3.05) is 12.9 Å². The maximum Gasteiger partial charge on any atom is 0.261 e. The van der Waals surface area contributed by atoms with Gasteiger partial charge < -0.3 is 10.4 Å². The van der Waals surface area contributed by atoms with Gasteiger partial charge in [0, 0.05) is 11.3 Å². The number of thiophene rings is 1. The van der Waals surface area contributed by atoms with Gasteiger partial charge in [-0.25, -0.2) is 0 Å². The molecule has 2 atom stereocenters. The van der Waals surface area contributed by atoms with Gasteiger partial charge in [-0.1, -0.05) is 24.7 Å². The number of aliphatic hydroxyl groups is 1. The van der Waals surface area contributed by atoms with Crippen molar-refractivity contribution in [3.05, 3.63) is 21.9 Å². The van der Waals surface area contributed by atoms with Gasteiger partial charge >= 0.3 is 0 Å². The SMILES string of the molecule is CSC1CCCCC1NC(=O)c1ccc(C#CCO)s1. The van der Waals surface area contributed by atoms with Crippen LogP contribution in [-0.4, -0.2) is 35.2 Å². The summed E-state index contributed by atoms with van der Waals surface area (Å²) < 4.78 is 0. The van der Waals surface area contributed by atoms with Crippen LogP contribution in [0.4, 0.5) is 0 Å². The van der Waals surface area contributed by atoms with Crippen molar-refractivity contribution in [1.29, 1.82) is 0 Å². The van der Waals surface area contributed by atoms with Gasteiger partial charge in [-0.15, -0.1) is 11.3 Å². The fourth-order valence-corrected chi connectivity index (χ4v) is 4.16. The lowest BCUT2D eigenvalue weighted by molar-refractivity contribution is 0.0933. The maximum atomic E-state index is 12.3. The van der Waals surface area contributed by atoms with E-state index in [2.05, 4.69) is 23.4 Å². The maximum absolute atomic E-state index is 12.3. The first-order valence-electron chi connectivity index (χ1n) is 6.78. The Labute approximate surface area is 128 Å². The van der Waals surface area contributed by atoms with Gasteiger partial charge in [-0.2, -0.15) is 11.8 Å². The molecule has 2 unspecified atom stereocenters. The van der Waals surface area contributed by atoms with E-state index in [-0.39, 0.29) is 18.6 Å². The zero-order chi connectivity index (χ0) is 14.4. The molecule has 1 aliphatic rings. The van der Waals surface area contributed by atoms with Crippen molar-refractivity contribution >= 4 is 29.0 Å². The van der Waals surface area contributed by atoms with Crippen LogP contribution in [0, 0.1) is 11.8 Å². The van der Waals surface area contributed by atoms with Crippen molar-refractivity contribution < 1.29 is 9.90 Å². The van der Waals surface area contributed by atoms with Crippen molar-refractivity contribution in [3.8, 4) is 11.8 Å². The smallest absolute Gasteiger partial charge is 0.261 e. The number of hydrogen-bond acceptors (Lipinski definition) is 4. The van der Waals surface area contributed by atoms with Crippen LogP contribution in [0.15, 0.2) is 12.1 Å². The Kier molecular flexibility index (Phi) is 5.96. The largest absolute Gasteiger partial charge is 0.384 e. The van der Waals surface area contributed by atoms with Crippen LogP contribution >= 0.6 is 23.1 Å². The normalized spacial score (nSPS) is 21.9. The molecule has 5 heteroatoms. The Morgan fingerprint density at radius 1 is 1.50 bits per heavy atom. The van der Waals surface area contributed by atoms with E-state index >= 15 is 0 Å². The van der Waals surface area contributed by atoms with Crippen LogP contribution in [0.1, 0.15) is 40.2 Å². The van der Waals surface area contributed by atoms with Crippen molar-refractivity contribution in [2.45, 2.75) is 37.0 Å². The van der Waals surface area contributed by atoms with Gasteiger partial charge in [-0.3, -0.25) is 4.79 Å². The first-order valence-corrected chi connectivity index (χ1v) is 8.88. The quantitative estimate of drug-likeness (QED) is 0.844. The third-order valence-corrected chi connectivity index (χ3v) is 5.61. The number of thioether (sulfide) groups is 1. The van der Waals surface area contributed by atoms with E-state index in [4.69, 9.17) is 5.11 Å². The van der Waals surface area contributed by atoms with E-state index in [0.29, 0.717) is 10.1 Å². The van der Waals surface area contributed by atoms with Gasteiger partial charge in [0.25, 0.3) is 5.91 Å². The highest BCUT2D eigenvalue weighted by Gasteiger charge is 2.26. The zero-order valence-electron chi connectivity index (χ0n) is 11.5. The van der Waals surface area contributed by atoms with Crippen LogP contribution in [0.25, 0.3) is 0 Å². The van der Waals surface area contributed by atoms with E-state index in [1.54, 1.807) is 6.07 Å². The minimum Gasteiger partial charge on any atom is -0.384 e. The Morgan fingerprint density at radius 3 is 3.05 bits per heavy atom. The molecule has 2 N–H and O–H groups in total. The summed E-state index contributed by atoms with van der Waals surface area (Å²) in [5.41, 5.74) is 0. The molecule has 1 amide bonds. The summed E-state index contributed by atoms with van der Waals surface area (Å²) in [6.07, 6.45) is 6.82. The summed E-state index contributed by atoms with van der Waals surface area (Å²) in [4.78, 5) is 13.8. The summed E-state index contributed by atoms with van der Waals surface area (Å²) in [6, 6.07) is 3.91. The molecule has 1 saturated carbocycles. The topological polar surface area (TPSA) is 49.3 Å². The summed E-state index contributed by atoms with van der Waals surface area (Å²) >= 11 is 3.22. The Hall–Kier alpha value is -0.960. The number of nitrogens with one attached hydrogen (secondary N) is 1. The predicted molar refractivity (Wildman–Crippen MR) is 85.3 cm³/mol. The average Bonchev–Trinajstić information content (AvgIpc) is 2.94. The highest BCUT2D eigenvalue weighted by Crippen LogP contribution is 2.27. The standard InChI is InChI=1S/C15H19NO2S2/c1-19-13-7-3-2-6-12(13)16-15(18)14-9-8-11(20-14)5-4-10-17/h8-9,12-13,17H,2-3,6-7,10H2,1H3,(H,16,18). The zero-order valence-corrected chi connectivity index (χ0v) is 13.1. The molecule has 1 fully saturated rings. The number of rotatable bonds is 3. The first kappa shape index (κ1) is 15.4. The van der Waals surface area contributed by atoms with Gasteiger partial charge in [-0.05, 0) is 31.2 Å². The van der Waals surface area contributed by atoms with Crippen LogP contribution in [0.3, 0.4) is 0 Å². The van der Waals surface area contributed by atoms with Gasteiger partial charge in [0.15, 0.2) is 0 Å².